The molecule has 35 heavy (non-hydrogen) atoms. The molecule has 1 unspecified atom stereocenters. The van der Waals surface area contributed by atoms with Crippen LogP contribution in [0.3, 0.4) is 0 Å². The summed E-state index contributed by atoms with van der Waals surface area (Å²) in [5.41, 5.74) is 2.15. The highest BCUT2D eigenvalue weighted by Crippen LogP contribution is 2.28. The summed E-state index contributed by atoms with van der Waals surface area (Å²) in [7, 11) is 0. The minimum absolute atomic E-state index is 0.0300. The van der Waals surface area contributed by atoms with E-state index in [2.05, 4.69) is 10.6 Å². The Labute approximate surface area is 200 Å². The maximum absolute atomic E-state index is 12.7. The third-order valence-electron chi connectivity index (χ3n) is 5.50. The normalized spacial score (nSPS) is 15.5. The second kappa shape index (κ2) is 10.7. The third-order valence-corrected chi connectivity index (χ3v) is 5.50. The van der Waals surface area contributed by atoms with Crippen LogP contribution in [0, 0.1) is 0 Å². The van der Waals surface area contributed by atoms with Gasteiger partial charge in [-0.2, -0.15) is 0 Å². The Morgan fingerprint density at radius 3 is 2.54 bits per heavy atom. The van der Waals surface area contributed by atoms with Crippen molar-refractivity contribution < 1.29 is 28.3 Å². The molecule has 0 saturated carbocycles. The first kappa shape index (κ1) is 23.8. The van der Waals surface area contributed by atoms with Crippen LogP contribution in [0.25, 0.3) is 11.1 Å². The number of urea groups is 1. The highest BCUT2D eigenvalue weighted by Gasteiger charge is 2.34. The number of rotatable bonds is 9. The molecule has 4 rings (SSSR count). The van der Waals surface area contributed by atoms with Gasteiger partial charge in [0.2, 0.25) is 0 Å². The molecule has 2 heterocycles. The van der Waals surface area contributed by atoms with Gasteiger partial charge in [-0.3, -0.25) is 9.36 Å². The van der Waals surface area contributed by atoms with E-state index >= 15 is 0 Å². The summed E-state index contributed by atoms with van der Waals surface area (Å²) in [4.78, 5) is 49.5. The minimum Gasteiger partial charge on any atom is -0.463 e. The summed E-state index contributed by atoms with van der Waals surface area (Å²) in [6, 6.07) is 14.7. The van der Waals surface area contributed by atoms with Gasteiger partial charge in [0.25, 0.3) is 0 Å². The van der Waals surface area contributed by atoms with Crippen molar-refractivity contribution in [2.24, 2.45) is 0 Å². The fourth-order valence-electron chi connectivity index (χ4n) is 3.91. The van der Waals surface area contributed by atoms with Gasteiger partial charge in [-0.15, -0.1) is 0 Å². The van der Waals surface area contributed by atoms with Gasteiger partial charge in [0.15, 0.2) is 5.58 Å². The number of esters is 2. The lowest BCUT2D eigenvalue weighted by Gasteiger charge is -2.29. The van der Waals surface area contributed by atoms with Gasteiger partial charge in [0, 0.05) is 13.0 Å². The van der Waals surface area contributed by atoms with Gasteiger partial charge in [-0.25, -0.2) is 14.4 Å². The van der Waals surface area contributed by atoms with Crippen LogP contribution < -0.4 is 16.4 Å². The fourth-order valence-corrected chi connectivity index (χ4v) is 3.91. The SMILES string of the molecule is CCOC(=O)C1=C(COC(=O)CCCn2c(=O)oc3ccccc32)NC(=O)NC1c1ccccc1. The number of carbonyl (C=O) groups is 3. The molecule has 1 atom stereocenters. The van der Waals surface area contributed by atoms with Crippen molar-refractivity contribution in [3.63, 3.8) is 0 Å². The van der Waals surface area contributed by atoms with Crippen LogP contribution in [-0.4, -0.2) is 35.8 Å². The second-order valence-electron chi connectivity index (χ2n) is 7.81. The molecular weight excluding hydrogens is 454 g/mol. The van der Waals surface area contributed by atoms with E-state index in [1.165, 1.54) is 4.57 Å². The molecule has 0 aliphatic carbocycles. The van der Waals surface area contributed by atoms with Crippen molar-refractivity contribution in [3.8, 4) is 0 Å². The smallest absolute Gasteiger partial charge is 0.419 e. The summed E-state index contributed by atoms with van der Waals surface area (Å²) in [6.07, 6.45) is 0.370. The Hall–Kier alpha value is -4.34. The van der Waals surface area contributed by atoms with Gasteiger partial charge < -0.3 is 24.5 Å². The van der Waals surface area contributed by atoms with E-state index in [-0.39, 0.29) is 37.4 Å². The Morgan fingerprint density at radius 2 is 1.77 bits per heavy atom. The molecule has 1 aliphatic heterocycles. The van der Waals surface area contributed by atoms with Gasteiger partial charge in [0.05, 0.1) is 29.4 Å². The number of nitrogens with one attached hydrogen (secondary N) is 2. The molecule has 2 aromatic carbocycles. The van der Waals surface area contributed by atoms with Gasteiger partial charge >= 0.3 is 23.7 Å². The first-order chi connectivity index (χ1) is 17.0. The predicted molar refractivity (Wildman–Crippen MR) is 125 cm³/mol. The number of nitrogens with zero attached hydrogens (tertiary/aromatic N) is 1. The van der Waals surface area contributed by atoms with Crippen molar-refractivity contribution >= 4 is 29.1 Å². The average Bonchev–Trinajstić information content (AvgIpc) is 3.18. The topological polar surface area (TPSA) is 129 Å². The van der Waals surface area contributed by atoms with E-state index in [9.17, 15) is 19.2 Å². The molecule has 0 radical (unpaired) electrons. The summed E-state index contributed by atoms with van der Waals surface area (Å²) in [6.45, 7) is 1.79. The monoisotopic (exact) mass is 479 g/mol. The molecule has 182 valence electrons. The Bertz CT molecular complexity index is 1320. The lowest BCUT2D eigenvalue weighted by atomic mass is 9.95. The average molecular weight is 479 g/mol. The summed E-state index contributed by atoms with van der Waals surface area (Å²) in [5, 5.41) is 5.28. The number of hydrogen-bond donors (Lipinski definition) is 2. The molecule has 10 nitrogen and oxygen atoms in total. The number of ether oxygens (including phenoxy) is 2. The zero-order chi connectivity index (χ0) is 24.8. The number of hydrogen-bond acceptors (Lipinski definition) is 7. The van der Waals surface area contributed by atoms with E-state index in [0.717, 1.165) is 0 Å². The van der Waals surface area contributed by atoms with E-state index in [4.69, 9.17) is 13.9 Å². The number of carbonyl (C=O) groups excluding carboxylic acids is 3. The molecule has 2 N–H and O–H groups in total. The van der Waals surface area contributed by atoms with Crippen molar-refractivity contribution in [2.75, 3.05) is 13.2 Å². The minimum atomic E-state index is -0.751. The molecule has 3 aromatic rings. The Morgan fingerprint density at radius 1 is 1.03 bits per heavy atom. The lowest BCUT2D eigenvalue weighted by molar-refractivity contribution is -0.143. The summed E-state index contributed by atoms with van der Waals surface area (Å²) >= 11 is 0. The molecule has 1 aliphatic rings. The quantitative estimate of drug-likeness (QED) is 0.452. The number of amides is 2. The molecule has 10 heteroatoms. The highest BCUT2D eigenvalue weighted by atomic mass is 16.5. The number of benzene rings is 2. The zero-order valence-electron chi connectivity index (χ0n) is 19.1. The number of fused-ring (bicyclic) bond motifs is 1. The van der Waals surface area contributed by atoms with Crippen molar-refractivity contribution in [1.82, 2.24) is 15.2 Å². The van der Waals surface area contributed by atoms with Gasteiger partial charge in [0.1, 0.15) is 6.61 Å². The van der Waals surface area contributed by atoms with Crippen LogP contribution in [-0.2, 0) is 25.6 Å². The highest BCUT2D eigenvalue weighted by molar-refractivity contribution is 5.95. The van der Waals surface area contributed by atoms with Crippen LogP contribution in [0.2, 0.25) is 0 Å². The van der Waals surface area contributed by atoms with E-state index in [0.29, 0.717) is 23.1 Å². The molecule has 2 amide bonds. The van der Waals surface area contributed by atoms with E-state index < -0.39 is 29.8 Å². The molecule has 0 bridgehead atoms. The Balaban J connectivity index is 1.44. The van der Waals surface area contributed by atoms with Crippen LogP contribution in [0.15, 0.2) is 75.1 Å². The molecule has 0 saturated heterocycles. The van der Waals surface area contributed by atoms with Crippen molar-refractivity contribution in [2.45, 2.75) is 32.4 Å². The van der Waals surface area contributed by atoms with Crippen LogP contribution in [0.1, 0.15) is 31.4 Å². The lowest BCUT2D eigenvalue weighted by Crippen LogP contribution is -2.47. The summed E-state index contributed by atoms with van der Waals surface area (Å²) in [5.74, 6) is -1.65. The molecular formula is C25H25N3O7. The van der Waals surface area contributed by atoms with Crippen molar-refractivity contribution in [3.05, 3.63) is 82.0 Å². The van der Waals surface area contributed by atoms with E-state index in [1.54, 1.807) is 55.5 Å². The number of aromatic nitrogens is 1. The number of oxazole rings is 1. The molecule has 1 aromatic heterocycles. The first-order valence-electron chi connectivity index (χ1n) is 11.2. The maximum Gasteiger partial charge on any atom is 0.419 e. The van der Waals surface area contributed by atoms with E-state index in [1.807, 2.05) is 6.07 Å². The maximum atomic E-state index is 12.7. The zero-order valence-corrected chi connectivity index (χ0v) is 19.1. The number of aryl methyl sites for hydroxylation is 1. The van der Waals surface area contributed by atoms with Crippen LogP contribution in [0.4, 0.5) is 4.79 Å². The number of para-hydroxylation sites is 2. The third kappa shape index (κ3) is 5.43. The molecule has 0 fully saturated rings. The predicted octanol–water partition coefficient (Wildman–Crippen LogP) is 2.79. The second-order valence-corrected chi connectivity index (χ2v) is 7.81. The van der Waals surface area contributed by atoms with Crippen LogP contribution >= 0.6 is 0 Å². The van der Waals surface area contributed by atoms with Gasteiger partial charge in [-0.05, 0) is 31.0 Å². The summed E-state index contributed by atoms with van der Waals surface area (Å²) < 4.78 is 17.2. The van der Waals surface area contributed by atoms with Crippen LogP contribution in [0.5, 0.6) is 0 Å². The fraction of sp³-hybridized carbons (Fsp3) is 0.280. The standard InChI is InChI=1S/C25H25N3O7/c1-2-33-23(30)21-17(26-24(31)27-22(21)16-9-4-3-5-10-16)15-34-20(29)13-8-14-28-18-11-6-7-12-19(18)35-25(28)32/h3-7,9-12,22H,2,8,13-15H2,1H3,(H2,26,27,31). The molecule has 0 spiro atoms. The van der Waals surface area contributed by atoms with Gasteiger partial charge in [-0.1, -0.05) is 42.5 Å². The van der Waals surface area contributed by atoms with Crippen molar-refractivity contribution in [1.29, 1.82) is 0 Å². The Kier molecular flexibility index (Phi) is 7.30. The largest absolute Gasteiger partial charge is 0.463 e. The first-order valence-corrected chi connectivity index (χ1v) is 11.2.